The van der Waals surface area contributed by atoms with Crippen molar-refractivity contribution < 1.29 is 19.2 Å². The topological polar surface area (TPSA) is 108 Å². The molecule has 1 heterocycles. The normalized spacial score (nSPS) is 15.4. The van der Waals surface area contributed by atoms with E-state index in [1.54, 1.807) is 6.07 Å². The average Bonchev–Trinajstić information content (AvgIpc) is 2.68. The van der Waals surface area contributed by atoms with Gasteiger partial charge in [0.25, 0.3) is 5.69 Å². The third-order valence-corrected chi connectivity index (χ3v) is 4.53. The van der Waals surface area contributed by atoms with Gasteiger partial charge in [-0.25, -0.2) is 0 Å². The summed E-state index contributed by atoms with van der Waals surface area (Å²) < 4.78 is 11.8. The number of nitrogens with zero attached hydrogens (tertiary/aromatic N) is 2. The van der Waals surface area contributed by atoms with E-state index in [2.05, 4.69) is 4.90 Å². The Morgan fingerprint density at radius 2 is 2.04 bits per heavy atom. The molecule has 0 saturated heterocycles. The van der Waals surface area contributed by atoms with E-state index in [0.29, 0.717) is 31.0 Å². The summed E-state index contributed by atoms with van der Waals surface area (Å²) >= 11 is 0. The number of para-hydroxylation sites is 2. The number of fused-ring (bicyclic) bond motifs is 1. The number of nitro benzene ring substituents is 1. The van der Waals surface area contributed by atoms with Gasteiger partial charge >= 0.3 is 0 Å². The molecule has 0 spiro atoms. The van der Waals surface area contributed by atoms with E-state index in [0.717, 1.165) is 18.7 Å². The molecule has 148 valence electrons. The highest BCUT2D eigenvalue weighted by Crippen LogP contribution is 2.31. The van der Waals surface area contributed by atoms with Crippen LogP contribution in [-0.2, 0) is 6.54 Å². The first-order chi connectivity index (χ1) is 13.5. The van der Waals surface area contributed by atoms with Gasteiger partial charge in [0, 0.05) is 30.3 Å². The summed E-state index contributed by atoms with van der Waals surface area (Å²) in [5, 5.41) is 11.5. The monoisotopic (exact) mass is 385 g/mol. The third-order valence-electron chi connectivity index (χ3n) is 4.53. The molecule has 1 aliphatic rings. The quantitative estimate of drug-likeness (QED) is 0.553. The smallest absolute Gasteiger partial charge is 0.274 e. The van der Waals surface area contributed by atoms with Crippen LogP contribution in [0.5, 0.6) is 11.5 Å². The van der Waals surface area contributed by atoms with Gasteiger partial charge in [0.1, 0.15) is 12.7 Å². The zero-order chi connectivity index (χ0) is 20.1. The number of nitro groups is 1. The van der Waals surface area contributed by atoms with E-state index in [9.17, 15) is 14.9 Å². The Labute approximate surface area is 163 Å². The van der Waals surface area contributed by atoms with Gasteiger partial charge in [-0.1, -0.05) is 25.1 Å². The molecule has 0 fully saturated rings. The van der Waals surface area contributed by atoms with E-state index < -0.39 is 10.8 Å². The van der Waals surface area contributed by atoms with Crippen LogP contribution in [0.4, 0.5) is 5.69 Å². The number of primary amides is 1. The molecule has 0 aliphatic carbocycles. The molecule has 28 heavy (non-hydrogen) atoms. The molecule has 0 radical (unpaired) electrons. The van der Waals surface area contributed by atoms with Crippen molar-refractivity contribution in [3.63, 3.8) is 0 Å². The van der Waals surface area contributed by atoms with Gasteiger partial charge in [0.05, 0.1) is 4.92 Å². The summed E-state index contributed by atoms with van der Waals surface area (Å²) in [6.45, 7) is 4.14. The van der Waals surface area contributed by atoms with Crippen LogP contribution in [0.25, 0.3) is 0 Å². The van der Waals surface area contributed by atoms with Gasteiger partial charge in [-0.05, 0) is 31.2 Å². The van der Waals surface area contributed by atoms with Crippen LogP contribution >= 0.6 is 0 Å². The average molecular weight is 385 g/mol. The second kappa shape index (κ2) is 8.71. The second-order valence-electron chi connectivity index (χ2n) is 6.70. The lowest BCUT2D eigenvalue weighted by Crippen LogP contribution is -2.41. The Hall–Kier alpha value is -3.13. The van der Waals surface area contributed by atoms with Crippen LogP contribution in [0.15, 0.2) is 42.5 Å². The van der Waals surface area contributed by atoms with Crippen molar-refractivity contribution in [3.8, 4) is 11.5 Å². The Morgan fingerprint density at radius 3 is 2.71 bits per heavy atom. The summed E-state index contributed by atoms with van der Waals surface area (Å²) in [7, 11) is 0. The number of hydrogen-bond acceptors (Lipinski definition) is 6. The number of amides is 1. The zero-order valence-corrected chi connectivity index (χ0v) is 15.7. The van der Waals surface area contributed by atoms with Crippen LogP contribution in [0.1, 0.15) is 29.3 Å². The number of hydrogen-bond donors (Lipinski definition) is 1. The highest BCUT2D eigenvalue weighted by molar-refractivity contribution is 5.93. The van der Waals surface area contributed by atoms with E-state index in [4.69, 9.17) is 15.2 Å². The molecule has 3 rings (SSSR count). The first kappa shape index (κ1) is 19.6. The number of carbonyl (C=O) groups excluding carboxylic acids is 1. The molecule has 0 saturated carbocycles. The molecule has 1 atom stereocenters. The van der Waals surface area contributed by atoms with Crippen LogP contribution in [0.3, 0.4) is 0 Å². The molecule has 1 amide bonds. The number of nitrogens with two attached hydrogens (primary N) is 1. The molecular formula is C20H23N3O5. The van der Waals surface area contributed by atoms with Crippen molar-refractivity contribution in [1.82, 2.24) is 4.90 Å². The molecular weight excluding hydrogens is 362 g/mol. The maximum Gasteiger partial charge on any atom is 0.274 e. The van der Waals surface area contributed by atoms with Gasteiger partial charge in [-0.2, -0.15) is 0 Å². The van der Waals surface area contributed by atoms with E-state index in [-0.39, 0.29) is 17.4 Å². The first-order valence-corrected chi connectivity index (χ1v) is 9.16. The fourth-order valence-electron chi connectivity index (χ4n) is 3.25. The fourth-order valence-corrected chi connectivity index (χ4v) is 3.25. The molecule has 2 aromatic carbocycles. The molecule has 0 bridgehead atoms. The molecule has 1 aliphatic heterocycles. The standard InChI is InChI=1S/C20H23N3O5/c1-2-9-22(12-16-13-27-18-5-3-4-6-19(18)28-16)11-15-8-7-14(20(21)24)10-17(15)23(25)26/h3-8,10,16H,2,9,11-13H2,1H3,(H2,21,24). The van der Waals surface area contributed by atoms with Crippen molar-refractivity contribution in [3.05, 3.63) is 63.7 Å². The lowest BCUT2D eigenvalue weighted by molar-refractivity contribution is -0.385. The highest BCUT2D eigenvalue weighted by atomic mass is 16.6. The van der Waals surface area contributed by atoms with E-state index in [1.807, 2.05) is 31.2 Å². The number of carbonyl (C=O) groups is 1. The molecule has 0 aromatic heterocycles. The number of ether oxygens (including phenoxy) is 2. The van der Waals surface area contributed by atoms with Crippen molar-refractivity contribution >= 4 is 11.6 Å². The third kappa shape index (κ3) is 4.58. The largest absolute Gasteiger partial charge is 0.486 e. The van der Waals surface area contributed by atoms with Crippen molar-refractivity contribution in [2.24, 2.45) is 5.73 Å². The molecule has 2 N–H and O–H groups in total. The van der Waals surface area contributed by atoms with Crippen LogP contribution in [0.2, 0.25) is 0 Å². The molecule has 8 heteroatoms. The summed E-state index contributed by atoms with van der Waals surface area (Å²) in [6, 6.07) is 11.8. The minimum atomic E-state index is -0.688. The number of benzene rings is 2. The van der Waals surface area contributed by atoms with E-state index >= 15 is 0 Å². The predicted molar refractivity (Wildman–Crippen MR) is 104 cm³/mol. The SMILES string of the molecule is CCCN(Cc1ccc(C(N)=O)cc1[N+](=O)[O-])CC1COc2ccccc2O1. The highest BCUT2D eigenvalue weighted by Gasteiger charge is 2.25. The van der Waals surface area contributed by atoms with Gasteiger partial charge in [0.2, 0.25) is 5.91 Å². The molecule has 1 unspecified atom stereocenters. The van der Waals surface area contributed by atoms with Gasteiger partial charge < -0.3 is 15.2 Å². The summed E-state index contributed by atoms with van der Waals surface area (Å²) in [6.07, 6.45) is 0.711. The lowest BCUT2D eigenvalue weighted by Gasteiger charge is -2.31. The van der Waals surface area contributed by atoms with E-state index in [1.165, 1.54) is 12.1 Å². The Morgan fingerprint density at radius 1 is 1.29 bits per heavy atom. The van der Waals surface area contributed by atoms with Crippen molar-refractivity contribution in [1.29, 1.82) is 0 Å². The maximum atomic E-state index is 11.5. The molecule has 8 nitrogen and oxygen atoms in total. The summed E-state index contributed by atoms with van der Waals surface area (Å²) in [5.74, 6) is 0.733. The predicted octanol–water partition coefficient (Wildman–Crippen LogP) is 2.75. The first-order valence-electron chi connectivity index (χ1n) is 9.16. The minimum absolute atomic E-state index is 0.108. The summed E-state index contributed by atoms with van der Waals surface area (Å²) in [4.78, 5) is 24.4. The Bertz CT molecular complexity index is 871. The van der Waals surface area contributed by atoms with Crippen LogP contribution in [-0.4, -0.2) is 41.5 Å². The van der Waals surface area contributed by atoms with Crippen LogP contribution in [0, 0.1) is 10.1 Å². The minimum Gasteiger partial charge on any atom is -0.486 e. The Balaban J connectivity index is 1.75. The van der Waals surface area contributed by atoms with Crippen molar-refractivity contribution in [2.75, 3.05) is 19.7 Å². The van der Waals surface area contributed by atoms with Crippen molar-refractivity contribution in [2.45, 2.75) is 26.0 Å². The van der Waals surface area contributed by atoms with Gasteiger partial charge in [-0.3, -0.25) is 19.8 Å². The van der Waals surface area contributed by atoms with Gasteiger partial charge in [0.15, 0.2) is 11.5 Å². The zero-order valence-electron chi connectivity index (χ0n) is 15.7. The Kier molecular flexibility index (Phi) is 6.10. The lowest BCUT2D eigenvalue weighted by atomic mass is 10.1. The van der Waals surface area contributed by atoms with Crippen LogP contribution < -0.4 is 15.2 Å². The number of rotatable bonds is 8. The van der Waals surface area contributed by atoms with Gasteiger partial charge in [-0.15, -0.1) is 0 Å². The summed E-state index contributed by atoms with van der Waals surface area (Å²) in [5.41, 5.74) is 5.79. The maximum absolute atomic E-state index is 11.5. The fraction of sp³-hybridized carbons (Fsp3) is 0.350. The molecule has 2 aromatic rings. The second-order valence-corrected chi connectivity index (χ2v) is 6.70.